The molecule has 16 heavy (non-hydrogen) atoms. The van der Waals surface area contributed by atoms with Crippen molar-refractivity contribution in [2.75, 3.05) is 24.7 Å². The molecule has 1 aromatic rings. The van der Waals surface area contributed by atoms with Gasteiger partial charge in [-0.3, -0.25) is 0 Å². The third-order valence-electron chi connectivity index (χ3n) is 3.56. The third kappa shape index (κ3) is 1.53. The number of thioether (sulfide) groups is 1. The molecule has 0 amide bonds. The minimum absolute atomic E-state index is 0.598. The van der Waals surface area contributed by atoms with Gasteiger partial charge in [-0.2, -0.15) is 0 Å². The lowest BCUT2D eigenvalue weighted by Gasteiger charge is -2.26. The van der Waals surface area contributed by atoms with Crippen molar-refractivity contribution in [1.29, 1.82) is 0 Å². The summed E-state index contributed by atoms with van der Waals surface area (Å²) in [6, 6.07) is 4.81. The maximum atomic E-state index is 6.23. The summed E-state index contributed by atoms with van der Waals surface area (Å²) in [5.41, 5.74) is 2.71. The van der Waals surface area contributed by atoms with Crippen LogP contribution in [-0.2, 0) is 0 Å². The topological polar surface area (TPSA) is 24.1 Å². The second-order valence-electron chi connectivity index (χ2n) is 4.39. The van der Waals surface area contributed by atoms with E-state index in [1.54, 1.807) is 11.8 Å². The quantitative estimate of drug-likeness (QED) is 0.754. The lowest BCUT2D eigenvalue weighted by atomic mass is 9.91. The largest absolute Gasteiger partial charge is 0.380 e. The van der Waals surface area contributed by atoms with Gasteiger partial charge in [0.15, 0.2) is 0 Å². The maximum absolute atomic E-state index is 6.23. The molecular formula is C12H15ClN2S. The minimum Gasteiger partial charge on any atom is -0.380 e. The van der Waals surface area contributed by atoms with Crippen molar-refractivity contribution in [3.05, 3.63) is 22.7 Å². The van der Waals surface area contributed by atoms with Crippen molar-refractivity contribution in [1.82, 2.24) is 5.32 Å². The van der Waals surface area contributed by atoms with Crippen LogP contribution in [-0.4, -0.2) is 25.4 Å². The summed E-state index contributed by atoms with van der Waals surface area (Å²) < 4.78 is 0. The Morgan fingerprint density at radius 2 is 2.31 bits per heavy atom. The molecule has 0 bridgehead atoms. The summed E-state index contributed by atoms with van der Waals surface area (Å²) in [4.78, 5) is 1.20. The number of fused-ring (bicyclic) bond motifs is 3. The van der Waals surface area contributed by atoms with E-state index in [0.29, 0.717) is 12.0 Å². The Morgan fingerprint density at radius 1 is 1.44 bits per heavy atom. The van der Waals surface area contributed by atoms with E-state index in [1.807, 2.05) is 6.07 Å². The first kappa shape index (κ1) is 10.8. The molecule has 1 aromatic carbocycles. The number of rotatable bonds is 1. The van der Waals surface area contributed by atoms with E-state index in [-0.39, 0.29) is 0 Å². The van der Waals surface area contributed by atoms with Gasteiger partial charge >= 0.3 is 0 Å². The molecule has 1 saturated heterocycles. The molecule has 0 aliphatic carbocycles. The molecular weight excluding hydrogens is 240 g/mol. The zero-order valence-corrected chi connectivity index (χ0v) is 10.8. The van der Waals surface area contributed by atoms with Gasteiger partial charge in [0.1, 0.15) is 0 Å². The second-order valence-corrected chi connectivity index (χ2v) is 5.62. The first-order valence-electron chi connectivity index (χ1n) is 5.65. The maximum Gasteiger partial charge on any atom is 0.0562 e. The summed E-state index contributed by atoms with van der Waals surface area (Å²) in [7, 11) is 0. The van der Waals surface area contributed by atoms with Crippen LogP contribution in [0.25, 0.3) is 0 Å². The number of hydrogen-bond donors (Lipinski definition) is 2. The van der Waals surface area contributed by atoms with E-state index in [2.05, 4.69) is 23.0 Å². The van der Waals surface area contributed by atoms with Crippen LogP contribution in [0.15, 0.2) is 17.0 Å². The Hall–Kier alpha value is -0.380. The van der Waals surface area contributed by atoms with Crippen molar-refractivity contribution in [3.63, 3.8) is 0 Å². The number of nitrogens with one attached hydrogen (secondary N) is 2. The number of benzene rings is 1. The van der Waals surface area contributed by atoms with Gasteiger partial charge in [-0.25, -0.2) is 0 Å². The monoisotopic (exact) mass is 254 g/mol. The molecule has 0 spiro atoms. The third-order valence-corrected chi connectivity index (χ3v) is 4.82. The first-order valence-corrected chi connectivity index (χ1v) is 7.25. The predicted octanol–water partition coefficient (Wildman–Crippen LogP) is 2.93. The van der Waals surface area contributed by atoms with Crippen LogP contribution in [0.3, 0.4) is 0 Å². The van der Waals surface area contributed by atoms with Crippen LogP contribution < -0.4 is 10.6 Å². The van der Waals surface area contributed by atoms with Gasteiger partial charge in [0.2, 0.25) is 0 Å². The van der Waals surface area contributed by atoms with Crippen LogP contribution in [0.2, 0.25) is 5.02 Å². The van der Waals surface area contributed by atoms with E-state index >= 15 is 0 Å². The van der Waals surface area contributed by atoms with Crippen LogP contribution in [0.4, 0.5) is 5.69 Å². The molecule has 0 radical (unpaired) electrons. The Labute approximate surface area is 105 Å². The smallest absolute Gasteiger partial charge is 0.0562 e. The van der Waals surface area contributed by atoms with Crippen LogP contribution in [0.5, 0.6) is 0 Å². The van der Waals surface area contributed by atoms with Gasteiger partial charge in [-0.1, -0.05) is 17.7 Å². The van der Waals surface area contributed by atoms with E-state index in [1.165, 1.54) is 22.6 Å². The molecule has 0 saturated carbocycles. The Kier molecular flexibility index (Phi) is 2.78. The average Bonchev–Trinajstić information content (AvgIpc) is 2.67. The molecule has 2 heterocycles. The van der Waals surface area contributed by atoms with Gasteiger partial charge in [0, 0.05) is 23.4 Å². The van der Waals surface area contributed by atoms with Gasteiger partial charge < -0.3 is 10.6 Å². The summed E-state index contributed by atoms with van der Waals surface area (Å²) in [6.45, 7) is 2.20. The molecule has 0 aromatic heterocycles. The first-order chi connectivity index (χ1) is 7.81. The zero-order chi connectivity index (χ0) is 11.1. The van der Waals surface area contributed by atoms with E-state index in [9.17, 15) is 0 Å². The summed E-state index contributed by atoms with van der Waals surface area (Å²) >= 11 is 7.96. The highest BCUT2D eigenvalue weighted by Gasteiger charge is 2.35. The summed E-state index contributed by atoms with van der Waals surface area (Å²) in [6.07, 6.45) is 3.29. The predicted molar refractivity (Wildman–Crippen MR) is 70.9 cm³/mol. The van der Waals surface area contributed by atoms with E-state index < -0.39 is 0 Å². The fraction of sp³-hybridized carbons (Fsp3) is 0.500. The van der Waals surface area contributed by atoms with Gasteiger partial charge in [-0.15, -0.1) is 11.8 Å². The molecule has 2 atom stereocenters. The lowest BCUT2D eigenvalue weighted by molar-refractivity contribution is 0.440. The molecule has 4 heteroatoms. The van der Waals surface area contributed by atoms with Crippen molar-refractivity contribution in [3.8, 4) is 0 Å². The summed E-state index contributed by atoms with van der Waals surface area (Å²) in [5, 5.41) is 7.99. The van der Waals surface area contributed by atoms with E-state index in [0.717, 1.165) is 18.1 Å². The SMILES string of the molecule is CSc1c(Cl)ccc2c1NC1CCNCC21. The van der Waals surface area contributed by atoms with Crippen molar-refractivity contribution in [2.45, 2.75) is 23.3 Å². The van der Waals surface area contributed by atoms with Crippen molar-refractivity contribution in [2.24, 2.45) is 0 Å². The highest BCUT2D eigenvalue weighted by atomic mass is 35.5. The number of hydrogen-bond acceptors (Lipinski definition) is 3. The fourth-order valence-electron chi connectivity index (χ4n) is 2.77. The second kappa shape index (κ2) is 4.13. The lowest BCUT2D eigenvalue weighted by Crippen LogP contribution is -2.38. The van der Waals surface area contributed by atoms with Crippen LogP contribution >= 0.6 is 23.4 Å². The van der Waals surface area contributed by atoms with Gasteiger partial charge in [0.25, 0.3) is 0 Å². The normalized spacial score (nSPS) is 27.1. The van der Waals surface area contributed by atoms with Gasteiger partial charge in [0.05, 0.1) is 10.7 Å². The molecule has 2 aliphatic heterocycles. The van der Waals surface area contributed by atoms with Gasteiger partial charge in [-0.05, 0) is 30.9 Å². The fourth-order valence-corrected chi connectivity index (χ4v) is 3.81. The molecule has 3 rings (SSSR count). The highest BCUT2D eigenvalue weighted by Crippen LogP contribution is 2.45. The van der Waals surface area contributed by atoms with Crippen LogP contribution in [0.1, 0.15) is 17.9 Å². The molecule has 1 fully saturated rings. The van der Waals surface area contributed by atoms with Crippen molar-refractivity contribution >= 4 is 29.1 Å². The minimum atomic E-state index is 0.598. The molecule has 2 N–H and O–H groups in total. The number of piperidine rings is 1. The number of halogens is 1. The molecule has 2 aliphatic rings. The van der Waals surface area contributed by atoms with Crippen molar-refractivity contribution < 1.29 is 0 Å². The average molecular weight is 255 g/mol. The zero-order valence-electron chi connectivity index (χ0n) is 9.22. The molecule has 2 unspecified atom stereocenters. The van der Waals surface area contributed by atoms with E-state index in [4.69, 9.17) is 11.6 Å². The van der Waals surface area contributed by atoms with Crippen LogP contribution in [0, 0.1) is 0 Å². The molecule has 86 valence electrons. The Balaban J connectivity index is 2.07. The Morgan fingerprint density at radius 3 is 3.12 bits per heavy atom. The molecule has 2 nitrogen and oxygen atoms in total. The Bertz CT molecular complexity index is 422. The standard InChI is InChI=1S/C12H15ClN2S/c1-16-12-9(13)3-2-7-8-6-14-5-4-10(8)15-11(7)12/h2-3,8,10,14-15H,4-6H2,1H3. The number of anilines is 1. The summed E-state index contributed by atoms with van der Waals surface area (Å²) in [5.74, 6) is 0.618. The highest BCUT2D eigenvalue weighted by molar-refractivity contribution is 7.98.